The molecule has 0 radical (unpaired) electrons. The summed E-state index contributed by atoms with van der Waals surface area (Å²) in [5, 5.41) is 4.23. The molecule has 0 aliphatic carbocycles. The van der Waals surface area contributed by atoms with Crippen LogP contribution in [0.25, 0.3) is 11.0 Å². The maximum absolute atomic E-state index is 13.0. The van der Waals surface area contributed by atoms with Crippen LogP contribution in [0, 0.1) is 13.8 Å². The fraction of sp³-hybridized carbons (Fsp3) is 0.263. The summed E-state index contributed by atoms with van der Waals surface area (Å²) < 4.78 is 32.0. The third kappa shape index (κ3) is 2.36. The molecule has 0 spiro atoms. The maximum Gasteiger partial charge on any atom is 0.206 e. The molecule has 1 aliphatic heterocycles. The SMILES string of the molecule is Cc1cccc(S(=O)(=O)c2cc(C)c3oc4c(c3c2)CNCC4)c1. The minimum absolute atomic E-state index is 0.326. The van der Waals surface area contributed by atoms with E-state index in [0.29, 0.717) is 9.79 Å². The van der Waals surface area contributed by atoms with Crippen LogP contribution in [-0.2, 0) is 22.8 Å². The molecule has 2 aromatic carbocycles. The van der Waals surface area contributed by atoms with E-state index in [1.807, 2.05) is 19.9 Å². The Hall–Kier alpha value is -2.11. The molecular formula is C19H19NO3S. The van der Waals surface area contributed by atoms with Gasteiger partial charge in [0.1, 0.15) is 11.3 Å². The molecule has 1 N–H and O–H groups in total. The monoisotopic (exact) mass is 341 g/mol. The lowest BCUT2D eigenvalue weighted by atomic mass is 10.0. The van der Waals surface area contributed by atoms with Crippen molar-refractivity contribution in [3.8, 4) is 0 Å². The van der Waals surface area contributed by atoms with Crippen LogP contribution in [0.2, 0.25) is 0 Å². The minimum atomic E-state index is -3.54. The number of fused-ring (bicyclic) bond motifs is 3. The molecule has 0 fully saturated rings. The topological polar surface area (TPSA) is 59.3 Å². The van der Waals surface area contributed by atoms with Crippen LogP contribution >= 0.6 is 0 Å². The number of furan rings is 1. The molecule has 0 unspecified atom stereocenters. The van der Waals surface area contributed by atoms with E-state index in [1.54, 1.807) is 30.3 Å². The summed E-state index contributed by atoms with van der Waals surface area (Å²) in [5.41, 5.74) is 3.67. The molecule has 5 heteroatoms. The van der Waals surface area contributed by atoms with Crippen molar-refractivity contribution in [3.05, 3.63) is 58.8 Å². The molecule has 0 bridgehead atoms. The maximum atomic E-state index is 13.0. The van der Waals surface area contributed by atoms with E-state index in [9.17, 15) is 8.42 Å². The quantitative estimate of drug-likeness (QED) is 0.775. The van der Waals surface area contributed by atoms with Crippen molar-refractivity contribution in [1.29, 1.82) is 0 Å². The largest absolute Gasteiger partial charge is 0.460 e. The second-order valence-corrected chi connectivity index (χ2v) is 8.32. The van der Waals surface area contributed by atoms with E-state index >= 15 is 0 Å². The summed E-state index contributed by atoms with van der Waals surface area (Å²) in [6.45, 7) is 5.40. The van der Waals surface area contributed by atoms with E-state index in [4.69, 9.17) is 4.42 Å². The van der Waals surface area contributed by atoms with Gasteiger partial charge in [0.05, 0.1) is 9.79 Å². The molecule has 4 rings (SSSR count). The fourth-order valence-electron chi connectivity index (χ4n) is 3.32. The lowest BCUT2D eigenvalue weighted by molar-refractivity contribution is 0.499. The molecule has 1 aliphatic rings. The molecule has 0 saturated carbocycles. The van der Waals surface area contributed by atoms with E-state index < -0.39 is 9.84 Å². The van der Waals surface area contributed by atoms with Gasteiger partial charge in [0, 0.05) is 30.5 Å². The van der Waals surface area contributed by atoms with E-state index in [1.165, 1.54) is 0 Å². The van der Waals surface area contributed by atoms with Crippen LogP contribution in [0.5, 0.6) is 0 Å². The Kier molecular flexibility index (Phi) is 3.51. The lowest BCUT2D eigenvalue weighted by Crippen LogP contribution is -2.22. The number of rotatable bonds is 2. The number of nitrogens with one attached hydrogen (secondary N) is 1. The van der Waals surface area contributed by atoms with E-state index in [2.05, 4.69) is 5.32 Å². The van der Waals surface area contributed by atoms with Gasteiger partial charge in [-0.05, 0) is 49.2 Å². The number of aryl methyl sites for hydroxylation is 2. The van der Waals surface area contributed by atoms with Gasteiger partial charge in [-0.3, -0.25) is 0 Å². The molecule has 2 heterocycles. The van der Waals surface area contributed by atoms with Crippen molar-refractivity contribution in [1.82, 2.24) is 5.32 Å². The zero-order valence-electron chi connectivity index (χ0n) is 13.7. The molecule has 124 valence electrons. The number of benzene rings is 2. The van der Waals surface area contributed by atoms with Gasteiger partial charge in [0.25, 0.3) is 0 Å². The van der Waals surface area contributed by atoms with Crippen molar-refractivity contribution in [2.24, 2.45) is 0 Å². The average molecular weight is 341 g/mol. The van der Waals surface area contributed by atoms with Gasteiger partial charge < -0.3 is 9.73 Å². The highest BCUT2D eigenvalue weighted by Crippen LogP contribution is 2.34. The van der Waals surface area contributed by atoms with Gasteiger partial charge in [-0.2, -0.15) is 0 Å². The Labute approximate surface area is 141 Å². The summed E-state index contributed by atoms with van der Waals surface area (Å²) in [7, 11) is -3.54. The molecule has 0 atom stereocenters. The highest BCUT2D eigenvalue weighted by Gasteiger charge is 2.24. The number of hydrogen-bond donors (Lipinski definition) is 1. The van der Waals surface area contributed by atoms with Crippen LogP contribution in [0.15, 0.2) is 50.6 Å². The Morgan fingerprint density at radius 3 is 2.71 bits per heavy atom. The van der Waals surface area contributed by atoms with Crippen LogP contribution in [0.4, 0.5) is 0 Å². The van der Waals surface area contributed by atoms with Gasteiger partial charge in [-0.1, -0.05) is 12.1 Å². The van der Waals surface area contributed by atoms with Crippen molar-refractivity contribution >= 4 is 20.8 Å². The van der Waals surface area contributed by atoms with Crippen molar-refractivity contribution < 1.29 is 12.8 Å². The minimum Gasteiger partial charge on any atom is -0.460 e. The van der Waals surface area contributed by atoms with Crippen molar-refractivity contribution in [2.45, 2.75) is 36.6 Å². The number of hydrogen-bond acceptors (Lipinski definition) is 4. The summed E-state index contributed by atoms with van der Waals surface area (Å²) in [6, 6.07) is 10.5. The first-order valence-corrected chi connectivity index (χ1v) is 9.52. The molecule has 0 amide bonds. The van der Waals surface area contributed by atoms with E-state index in [0.717, 1.165) is 52.9 Å². The molecule has 0 saturated heterocycles. The molecule has 24 heavy (non-hydrogen) atoms. The molecule has 3 aromatic rings. The second kappa shape index (κ2) is 5.46. The van der Waals surface area contributed by atoms with E-state index in [-0.39, 0.29) is 0 Å². The average Bonchev–Trinajstić information content (AvgIpc) is 2.94. The molecule has 1 aromatic heterocycles. The molecular weight excluding hydrogens is 322 g/mol. The zero-order valence-corrected chi connectivity index (χ0v) is 14.5. The number of sulfone groups is 1. The third-order valence-corrected chi connectivity index (χ3v) is 6.31. The predicted molar refractivity (Wildman–Crippen MR) is 93.0 cm³/mol. The van der Waals surface area contributed by atoms with Gasteiger partial charge in [0.15, 0.2) is 0 Å². The van der Waals surface area contributed by atoms with Gasteiger partial charge >= 0.3 is 0 Å². The standard InChI is InChI=1S/C19H19NO3S/c1-12-4-3-5-14(8-12)24(21,22)15-9-13(2)19-16(10-15)17-11-20-7-6-18(17)23-19/h3-5,8-10,20H,6-7,11H2,1-2H3. The Bertz CT molecular complexity index is 1050. The van der Waals surface area contributed by atoms with Crippen LogP contribution in [-0.4, -0.2) is 15.0 Å². The Morgan fingerprint density at radius 1 is 1.08 bits per heavy atom. The van der Waals surface area contributed by atoms with Crippen LogP contribution in [0.1, 0.15) is 22.5 Å². The molecule has 4 nitrogen and oxygen atoms in total. The van der Waals surface area contributed by atoms with Gasteiger partial charge in [-0.25, -0.2) is 8.42 Å². The smallest absolute Gasteiger partial charge is 0.206 e. The Balaban J connectivity index is 1.94. The normalized spacial score (nSPS) is 14.8. The highest BCUT2D eigenvalue weighted by molar-refractivity contribution is 7.91. The first kappa shape index (κ1) is 15.4. The summed E-state index contributed by atoms with van der Waals surface area (Å²) in [4.78, 5) is 0.656. The highest BCUT2D eigenvalue weighted by atomic mass is 32.2. The first-order chi connectivity index (χ1) is 11.5. The zero-order chi connectivity index (χ0) is 16.9. The van der Waals surface area contributed by atoms with Crippen LogP contribution < -0.4 is 5.32 Å². The lowest BCUT2D eigenvalue weighted by Gasteiger charge is -2.11. The summed E-state index contributed by atoms with van der Waals surface area (Å²) in [6.07, 6.45) is 0.837. The predicted octanol–water partition coefficient (Wildman–Crippen LogP) is 3.53. The van der Waals surface area contributed by atoms with Crippen molar-refractivity contribution in [3.63, 3.8) is 0 Å². The summed E-state index contributed by atoms with van der Waals surface area (Å²) >= 11 is 0. The van der Waals surface area contributed by atoms with Crippen LogP contribution in [0.3, 0.4) is 0 Å². The Morgan fingerprint density at radius 2 is 1.92 bits per heavy atom. The fourth-order valence-corrected chi connectivity index (χ4v) is 4.80. The first-order valence-electron chi connectivity index (χ1n) is 8.04. The van der Waals surface area contributed by atoms with Gasteiger partial charge in [0.2, 0.25) is 9.84 Å². The van der Waals surface area contributed by atoms with Crippen molar-refractivity contribution in [2.75, 3.05) is 6.54 Å². The second-order valence-electron chi connectivity index (χ2n) is 6.37. The van der Waals surface area contributed by atoms with Gasteiger partial charge in [-0.15, -0.1) is 0 Å². The summed E-state index contributed by atoms with van der Waals surface area (Å²) in [5.74, 6) is 0.969. The third-order valence-electron chi connectivity index (χ3n) is 4.58.